The van der Waals surface area contributed by atoms with Crippen LogP contribution in [-0.4, -0.2) is 37.1 Å². The number of pyridine rings is 1. The van der Waals surface area contributed by atoms with Crippen molar-refractivity contribution >= 4 is 29.3 Å². The molecule has 176 valence electrons. The molecule has 1 aliphatic heterocycles. The minimum atomic E-state index is -1.23. The van der Waals surface area contributed by atoms with Gasteiger partial charge in [-0.05, 0) is 66.8 Å². The maximum absolute atomic E-state index is 11.5. The second-order valence-corrected chi connectivity index (χ2v) is 8.33. The highest BCUT2D eigenvalue weighted by molar-refractivity contribution is 7.80. The molecule has 1 aromatic carbocycles. The van der Waals surface area contributed by atoms with Crippen LogP contribution in [0.15, 0.2) is 82.0 Å². The van der Waals surface area contributed by atoms with Crippen molar-refractivity contribution in [1.29, 1.82) is 0 Å². The fraction of sp³-hybridized carbons (Fsp3) is 0.120. The molecule has 5 rings (SSSR count). The molecule has 3 N–H and O–H groups in total. The van der Waals surface area contributed by atoms with Gasteiger partial charge in [0.2, 0.25) is 0 Å². The zero-order valence-corrected chi connectivity index (χ0v) is 18.9. The number of hydrogen-bond donors (Lipinski definition) is 3. The highest BCUT2D eigenvalue weighted by Gasteiger charge is 2.42. The van der Waals surface area contributed by atoms with Crippen molar-refractivity contribution in [3.05, 3.63) is 101 Å². The van der Waals surface area contributed by atoms with Gasteiger partial charge in [-0.1, -0.05) is 6.07 Å². The van der Waals surface area contributed by atoms with Crippen molar-refractivity contribution in [3.8, 4) is 11.3 Å². The molecule has 35 heavy (non-hydrogen) atoms. The topological polar surface area (TPSA) is 129 Å². The van der Waals surface area contributed by atoms with Gasteiger partial charge in [0.25, 0.3) is 0 Å². The molecule has 0 radical (unpaired) electrons. The lowest BCUT2D eigenvalue weighted by Crippen LogP contribution is -2.28. The van der Waals surface area contributed by atoms with Gasteiger partial charge in [-0.15, -0.1) is 0 Å². The van der Waals surface area contributed by atoms with E-state index in [-0.39, 0.29) is 17.2 Å². The summed E-state index contributed by atoms with van der Waals surface area (Å²) in [5.74, 6) is -0.862. The zero-order chi connectivity index (χ0) is 24.5. The first kappa shape index (κ1) is 22.4. The minimum absolute atomic E-state index is 0.146. The number of benzene rings is 1. The fourth-order valence-electron chi connectivity index (χ4n) is 4.14. The van der Waals surface area contributed by atoms with Gasteiger partial charge in [-0.3, -0.25) is 4.98 Å². The Morgan fingerprint density at radius 1 is 1.03 bits per heavy atom. The van der Waals surface area contributed by atoms with E-state index in [9.17, 15) is 19.8 Å². The van der Waals surface area contributed by atoms with Gasteiger partial charge in [-0.2, -0.15) is 0 Å². The molecule has 0 spiro atoms. The van der Waals surface area contributed by atoms with Gasteiger partial charge < -0.3 is 29.3 Å². The number of aromatic nitrogens is 1. The molecule has 9 nitrogen and oxygen atoms in total. The SMILES string of the molecule is O=C(O)c1cc(C(=O)O)cc(-c2ccc([C@H]3[C@@H](c4ccccn4)NC(=S)N3Cc3ccco3)o2)c1. The number of carboxylic acid groups (broad SMARTS) is 2. The first-order valence-electron chi connectivity index (χ1n) is 10.6. The van der Waals surface area contributed by atoms with Crippen LogP contribution in [0.25, 0.3) is 11.3 Å². The van der Waals surface area contributed by atoms with Crippen molar-refractivity contribution in [2.45, 2.75) is 18.6 Å². The normalized spacial score (nSPS) is 17.4. The van der Waals surface area contributed by atoms with Gasteiger partial charge in [0.05, 0.1) is 35.7 Å². The monoisotopic (exact) mass is 489 g/mol. The summed E-state index contributed by atoms with van der Waals surface area (Å²) in [4.78, 5) is 29.5. The van der Waals surface area contributed by atoms with Crippen LogP contribution in [0.1, 0.15) is 50.0 Å². The van der Waals surface area contributed by atoms with E-state index in [1.165, 1.54) is 12.1 Å². The summed E-state index contributed by atoms with van der Waals surface area (Å²) in [5, 5.41) is 22.7. The van der Waals surface area contributed by atoms with E-state index >= 15 is 0 Å². The van der Waals surface area contributed by atoms with E-state index < -0.39 is 18.0 Å². The Hall–Kier alpha value is -4.44. The predicted octanol–water partition coefficient (Wildman–Crippen LogP) is 4.50. The van der Waals surface area contributed by atoms with Crippen molar-refractivity contribution in [3.63, 3.8) is 0 Å². The number of carboxylic acids is 2. The van der Waals surface area contributed by atoms with Crippen LogP contribution in [0.5, 0.6) is 0 Å². The summed E-state index contributed by atoms with van der Waals surface area (Å²) < 4.78 is 11.7. The molecular formula is C25H19N3O6S. The van der Waals surface area contributed by atoms with Crippen molar-refractivity contribution in [1.82, 2.24) is 15.2 Å². The number of carbonyl (C=O) groups is 2. The van der Waals surface area contributed by atoms with Crippen LogP contribution >= 0.6 is 12.2 Å². The molecule has 1 fully saturated rings. The zero-order valence-electron chi connectivity index (χ0n) is 18.1. The summed E-state index contributed by atoms with van der Waals surface area (Å²) in [6.45, 7) is 0.389. The molecule has 1 saturated heterocycles. The quantitative estimate of drug-likeness (QED) is 0.319. The second-order valence-electron chi connectivity index (χ2n) is 7.95. The third-order valence-electron chi connectivity index (χ3n) is 5.73. The molecule has 0 unspecified atom stereocenters. The summed E-state index contributed by atoms with van der Waals surface area (Å²) in [5.41, 5.74) is 0.814. The molecule has 0 aliphatic carbocycles. The molecule has 2 atom stereocenters. The van der Waals surface area contributed by atoms with Gasteiger partial charge in [0.15, 0.2) is 5.11 Å². The lowest BCUT2D eigenvalue weighted by atomic mass is 10.0. The Bertz CT molecular complexity index is 1370. The number of thiocarbonyl (C=S) groups is 1. The molecule has 1 aliphatic rings. The number of furan rings is 2. The lowest BCUT2D eigenvalue weighted by molar-refractivity contribution is 0.0696. The highest BCUT2D eigenvalue weighted by atomic mass is 32.1. The largest absolute Gasteiger partial charge is 0.478 e. The summed E-state index contributed by atoms with van der Waals surface area (Å²) in [7, 11) is 0. The Kier molecular flexibility index (Phi) is 5.79. The molecule has 4 aromatic rings. The van der Waals surface area contributed by atoms with Crippen LogP contribution in [0.4, 0.5) is 0 Å². The van der Waals surface area contributed by atoms with Crippen LogP contribution in [-0.2, 0) is 6.54 Å². The molecule has 3 aromatic heterocycles. The van der Waals surface area contributed by atoms with Gasteiger partial charge in [0, 0.05) is 11.8 Å². The molecule has 0 saturated carbocycles. The Morgan fingerprint density at radius 2 is 1.80 bits per heavy atom. The van der Waals surface area contributed by atoms with Crippen molar-refractivity contribution in [2.24, 2.45) is 0 Å². The van der Waals surface area contributed by atoms with Crippen molar-refractivity contribution in [2.75, 3.05) is 0 Å². The third-order valence-corrected chi connectivity index (χ3v) is 6.09. The summed E-state index contributed by atoms with van der Waals surface area (Å²) in [6.07, 6.45) is 3.29. The molecule has 4 heterocycles. The molecule has 0 bridgehead atoms. The fourth-order valence-corrected chi connectivity index (χ4v) is 4.44. The molecular weight excluding hydrogens is 470 g/mol. The van der Waals surface area contributed by atoms with E-state index in [2.05, 4.69) is 10.3 Å². The number of rotatable bonds is 7. The maximum atomic E-state index is 11.5. The van der Waals surface area contributed by atoms with E-state index in [0.29, 0.717) is 34.5 Å². The lowest BCUT2D eigenvalue weighted by Gasteiger charge is -2.25. The first-order valence-corrected chi connectivity index (χ1v) is 11.0. The molecule has 10 heteroatoms. The molecule has 0 amide bonds. The Balaban J connectivity index is 1.56. The van der Waals surface area contributed by atoms with Gasteiger partial charge >= 0.3 is 11.9 Å². The summed E-state index contributed by atoms with van der Waals surface area (Å²) in [6, 6.07) is 15.9. The first-order chi connectivity index (χ1) is 16.9. The second kappa shape index (κ2) is 9.07. The van der Waals surface area contributed by atoms with E-state index in [1.54, 1.807) is 30.7 Å². The van der Waals surface area contributed by atoms with Crippen LogP contribution in [0.2, 0.25) is 0 Å². The van der Waals surface area contributed by atoms with E-state index in [4.69, 9.17) is 21.1 Å². The van der Waals surface area contributed by atoms with Gasteiger partial charge in [0.1, 0.15) is 23.3 Å². The predicted molar refractivity (Wildman–Crippen MR) is 128 cm³/mol. The average Bonchev–Trinajstić information content (AvgIpc) is 3.61. The van der Waals surface area contributed by atoms with Gasteiger partial charge in [-0.25, -0.2) is 9.59 Å². The van der Waals surface area contributed by atoms with Crippen LogP contribution < -0.4 is 5.32 Å². The number of aromatic carboxylic acids is 2. The standard InChI is InChI=1S/C25H19N3O6S/c29-23(30)15-10-14(11-16(12-15)24(31)32)19-6-7-20(34-19)22-21(18-5-1-2-8-26-18)27-25(35)28(22)13-17-4-3-9-33-17/h1-12,21-22H,13H2,(H,27,35)(H,29,30)(H,31,32)/t21-,22+/m1/s1. The summed E-state index contributed by atoms with van der Waals surface area (Å²) >= 11 is 5.63. The Morgan fingerprint density at radius 3 is 2.43 bits per heavy atom. The Labute approximate surface area is 204 Å². The van der Waals surface area contributed by atoms with Crippen LogP contribution in [0, 0.1) is 0 Å². The van der Waals surface area contributed by atoms with Crippen LogP contribution in [0.3, 0.4) is 0 Å². The number of nitrogens with one attached hydrogen (secondary N) is 1. The minimum Gasteiger partial charge on any atom is -0.478 e. The maximum Gasteiger partial charge on any atom is 0.335 e. The smallest absolute Gasteiger partial charge is 0.335 e. The van der Waals surface area contributed by atoms with E-state index in [0.717, 1.165) is 11.8 Å². The number of hydrogen-bond acceptors (Lipinski definition) is 6. The average molecular weight is 490 g/mol. The number of nitrogens with zero attached hydrogens (tertiary/aromatic N) is 2. The third kappa shape index (κ3) is 4.38. The van der Waals surface area contributed by atoms with Crippen molar-refractivity contribution < 1.29 is 28.6 Å². The van der Waals surface area contributed by atoms with E-state index in [1.807, 2.05) is 29.2 Å². The highest BCUT2D eigenvalue weighted by Crippen LogP contribution is 2.41.